The first kappa shape index (κ1) is 23.3. The Balaban J connectivity index is 1.99. The highest BCUT2D eigenvalue weighted by molar-refractivity contribution is 5.87. The van der Waals surface area contributed by atoms with Crippen LogP contribution < -0.4 is 10.1 Å². The van der Waals surface area contributed by atoms with E-state index in [1.54, 1.807) is 31.2 Å². The van der Waals surface area contributed by atoms with Gasteiger partial charge in [0, 0.05) is 0 Å². The number of amides is 1. The normalized spacial score (nSPS) is 13.2. The van der Waals surface area contributed by atoms with E-state index in [1.165, 1.54) is 24.3 Å². The third kappa shape index (κ3) is 6.81. The standard InChI is InChI=1S/C22H25F2NO5/c1-13(2)19(29-12-15-5-4-6-18(11-15)30-22(23)24)20(26)25-14(3)16-7-9-17(10-8-16)21(27)28/h4-11,13-14,19,22H,12H2,1-3H3,(H,25,26)(H,27,28). The quantitative estimate of drug-likeness (QED) is 0.594. The zero-order chi connectivity index (χ0) is 22.3. The summed E-state index contributed by atoms with van der Waals surface area (Å²) < 4.78 is 34.9. The Morgan fingerprint density at radius 2 is 1.73 bits per heavy atom. The predicted molar refractivity (Wildman–Crippen MR) is 106 cm³/mol. The molecule has 30 heavy (non-hydrogen) atoms. The lowest BCUT2D eigenvalue weighted by molar-refractivity contribution is -0.137. The van der Waals surface area contributed by atoms with E-state index in [2.05, 4.69) is 10.1 Å². The van der Waals surface area contributed by atoms with E-state index in [-0.39, 0.29) is 35.8 Å². The first-order chi connectivity index (χ1) is 14.2. The molecule has 6 nitrogen and oxygen atoms in total. The lowest BCUT2D eigenvalue weighted by atomic mass is 10.0. The number of hydrogen-bond acceptors (Lipinski definition) is 4. The number of ether oxygens (including phenoxy) is 2. The number of carbonyl (C=O) groups excluding carboxylic acids is 1. The minimum Gasteiger partial charge on any atom is -0.478 e. The van der Waals surface area contributed by atoms with Crippen molar-refractivity contribution >= 4 is 11.9 Å². The molecule has 0 spiro atoms. The van der Waals surface area contributed by atoms with Crippen LogP contribution in [0, 0.1) is 5.92 Å². The van der Waals surface area contributed by atoms with Crippen LogP contribution in [0.3, 0.4) is 0 Å². The Morgan fingerprint density at radius 1 is 1.07 bits per heavy atom. The molecule has 2 N–H and O–H groups in total. The van der Waals surface area contributed by atoms with Crippen molar-refractivity contribution in [3.05, 3.63) is 65.2 Å². The number of aromatic carboxylic acids is 1. The van der Waals surface area contributed by atoms with Crippen LogP contribution in [0.25, 0.3) is 0 Å². The molecular formula is C22H25F2NO5. The lowest BCUT2D eigenvalue weighted by Gasteiger charge is -2.24. The van der Waals surface area contributed by atoms with Gasteiger partial charge < -0.3 is 19.9 Å². The van der Waals surface area contributed by atoms with Crippen LogP contribution in [-0.2, 0) is 16.1 Å². The lowest BCUT2D eigenvalue weighted by Crippen LogP contribution is -2.40. The first-order valence-corrected chi connectivity index (χ1v) is 9.46. The van der Waals surface area contributed by atoms with Crippen LogP contribution in [0.1, 0.15) is 48.3 Å². The molecule has 2 rings (SSSR count). The maximum atomic E-state index is 12.7. The highest BCUT2D eigenvalue weighted by Gasteiger charge is 2.25. The second-order valence-electron chi connectivity index (χ2n) is 7.16. The Labute approximate surface area is 173 Å². The van der Waals surface area contributed by atoms with Crippen LogP contribution >= 0.6 is 0 Å². The molecule has 0 saturated heterocycles. The summed E-state index contributed by atoms with van der Waals surface area (Å²) in [6, 6.07) is 12.0. The number of halogens is 2. The molecule has 0 radical (unpaired) electrons. The molecule has 0 saturated carbocycles. The molecule has 2 unspecified atom stereocenters. The van der Waals surface area contributed by atoms with Crippen LogP contribution in [0.4, 0.5) is 8.78 Å². The van der Waals surface area contributed by atoms with E-state index in [9.17, 15) is 18.4 Å². The van der Waals surface area contributed by atoms with Crippen molar-refractivity contribution in [2.24, 2.45) is 5.92 Å². The van der Waals surface area contributed by atoms with Gasteiger partial charge in [-0.15, -0.1) is 0 Å². The van der Waals surface area contributed by atoms with Gasteiger partial charge in [-0.3, -0.25) is 4.79 Å². The molecule has 1 amide bonds. The van der Waals surface area contributed by atoms with Crippen molar-refractivity contribution in [1.82, 2.24) is 5.32 Å². The first-order valence-electron chi connectivity index (χ1n) is 9.46. The van der Waals surface area contributed by atoms with E-state index in [0.29, 0.717) is 5.56 Å². The van der Waals surface area contributed by atoms with E-state index in [4.69, 9.17) is 9.84 Å². The van der Waals surface area contributed by atoms with Gasteiger partial charge in [0.1, 0.15) is 11.9 Å². The molecule has 0 aliphatic rings. The second-order valence-corrected chi connectivity index (χ2v) is 7.16. The summed E-state index contributed by atoms with van der Waals surface area (Å²) in [5.74, 6) is -1.45. The summed E-state index contributed by atoms with van der Waals surface area (Å²) in [5, 5.41) is 11.8. The number of benzene rings is 2. The van der Waals surface area contributed by atoms with Crippen LogP contribution in [-0.4, -0.2) is 29.7 Å². The zero-order valence-corrected chi connectivity index (χ0v) is 17.0. The van der Waals surface area contributed by atoms with Gasteiger partial charge in [-0.05, 0) is 48.2 Å². The minimum atomic E-state index is -2.92. The maximum Gasteiger partial charge on any atom is 0.387 e. The Kier molecular flexibility index (Phi) is 8.29. The van der Waals surface area contributed by atoms with Crippen molar-refractivity contribution in [2.75, 3.05) is 0 Å². The number of nitrogens with one attached hydrogen (secondary N) is 1. The van der Waals surface area contributed by atoms with E-state index < -0.39 is 18.7 Å². The van der Waals surface area contributed by atoms with Gasteiger partial charge in [0.05, 0.1) is 18.2 Å². The van der Waals surface area contributed by atoms with E-state index in [1.807, 2.05) is 13.8 Å². The Bertz CT molecular complexity index is 855. The fraction of sp³-hybridized carbons (Fsp3) is 0.364. The molecule has 8 heteroatoms. The fourth-order valence-corrected chi connectivity index (χ4v) is 2.86. The summed E-state index contributed by atoms with van der Waals surface area (Å²) in [6.07, 6.45) is -0.759. The molecule has 2 aromatic carbocycles. The maximum absolute atomic E-state index is 12.7. The molecule has 162 valence electrons. The predicted octanol–water partition coefficient (Wildman–Crippen LogP) is 4.40. The molecule has 0 aromatic heterocycles. The van der Waals surface area contributed by atoms with Crippen LogP contribution in [0.15, 0.2) is 48.5 Å². The van der Waals surface area contributed by atoms with Crippen molar-refractivity contribution in [1.29, 1.82) is 0 Å². The third-order valence-corrected chi connectivity index (χ3v) is 4.43. The SMILES string of the molecule is CC(NC(=O)C(OCc1cccc(OC(F)F)c1)C(C)C)c1ccc(C(=O)O)cc1. The summed E-state index contributed by atoms with van der Waals surface area (Å²) in [7, 11) is 0. The molecule has 0 aliphatic carbocycles. The van der Waals surface area contributed by atoms with Gasteiger partial charge in [0.25, 0.3) is 0 Å². The van der Waals surface area contributed by atoms with Gasteiger partial charge in [-0.25, -0.2) is 4.79 Å². The average molecular weight is 421 g/mol. The average Bonchev–Trinajstić information content (AvgIpc) is 2.67. The molecule has 0 fully saturated rings. The minimum absolute atomic E-state index is 0.0232. The van der Waals surface area contributed by atoms with Gasteiger partial charge >= 0.3 is 12.6 Å². The molecule has 2 aromatic rings. The number of alkyl halides is 2. The van der Waals surface area contributed by atoms with Crippen molar-refractivity contribution < 1.29 is 33.0 Å². The van der Waals surface area contributed by atoms with Gasteiger partial charge in [0.15, 0.2) is 0 Å². The summed E-state index contributed by atoms with van der Waals surface area (Å²) in [6.45, 7) is 2.61. The van der Waals surface area contributed by atoms with Crippen molar-refractivity contribution in [2.45, 2.75) is 46.1 Å². The number of carboxylic acids is 1. The summed E-state index contributed by atoms with van der Waals surface area (Å²) in [5.41, 5.74) is 1.52. The third-order valence-electron chi connectivity index (χ3n) is 4.43. The number of rotatable bonds is 10. The molecule has 0 bridgehead atoms. The molecule has 0 heterocycles. The Morgan fingerprint density at radius 3 is 2.30 bits per heavy atom. The summed E-state index contributed by atoms with van der Waals surface area (Å²) in [4.78, 5) is 23.7. The van der Waals surface area contributed by atoms with Crippen LogP contribution in [0.2, 0.25) is 0 Å². The summed E-state index contributed by atoms with van der Waals surface area (Å²) >= 11 is 0. The van der Waals surface area contributed by atoms with Crippen LogP contribution in [0.5, 0.6) is 5.75 Å². The smallest absolute Gasteiger partial charge is 0.387 e. The van der Waals surface area contributed by atoms with Crippen molar-refractivity contribution in [3.8, 4) is 5.75 Å². The zero-order valence-electron chi connectivity index (χ0n) is 17.0. The van der Waals surface area contributed by atoms with Gasteiger partial charge in [-0.1, -0.05) is 38.1 Å². The Hall–Kier alpha value is -3.00. The number of hydrogen-bond donors (Lipinski definition) is 2. The van der Waals surface area contributed by atoms with E-state index in [0.717, 1.165) is 5.56 Å². The molecular weight excluding hydrogens is 396 g/mol. The largest absolute Gasteiger partial charge is 0.478 e. The highest BCUT2D eigenvalue weighted by atomic mass is 19.3. The topological polar surface area (TPSA) is 84.9 Å². The highest BCUT2D eigenvalue weighted by Crippen LogP contribution is 2.19. The monoisotopic (exact) mass is 421 g/mol. The second kappa shape index (κ2) is 10.7. The molecule has 0 aliphatic heterocycles. The van der Waals surface area contributed by atoms with Gasteiger partial charge in [0.2, 0.25) is 5.91 Å². The molecule has 2 atom stereocenters. The van der Waals surface area contributed by atoms with Gasteiger partial charge in [-0.2, -0.15) is 8.78 Å². The number of carboxylic acid groups (broad SMARTS) is 1. The fourth-order valence-electron chi connectivity index (χ4n) is 2.86. The number of carbonyl (C=O) groups is 2. The van der Waals surface area contributed by atoms with Crippen molar-refractivity contribution in [3.63, 3.8) is 0 Å². The van der Waals surface area contributed by atoms with E-state index >= 15 is 0 Å².